The fraction of sp³-hybridized carbons (Fsp3) is 0.273. The van der Waals surface area contributed by atoms with Crippen LogP contribution in [-0.2, 0) is 22.6 Å². The Balaban J connectivity index is 2.31. The van der Waals surface area contributed by atoms with Gasteiger partial charge < -0.3 is 0 Å². The van der Waals surface area contributed by atoms with E-state index in [9.17, 15) is 17.2 Å². The van der Waals surface area contributed by atoms with Crippen LogP contribution in [0.2, 0.25) is 0 Å². The lowest BCUT2D eigenvalue weighted by atomic mass is 10.1. The largest absolute Gasteiger partial charge is 0.263 e. The average Bonchev–Trinajstić information content (AvgIpc) is 2.76. The Labute approximate surface area is 108 Å². The van der Waals surface area contributed by atoms with Crippen molar-refractivity contribution in [3.8, 4) is 0 Å². The molecule has 0 aliphatic heterocycles. The molecule has 0 atom stereocenters. The maximum absolute atomic E-state index is 12.5. The molecule has 1 aromatic carbocycles. The van der Waals surface area contributed by atoms with Crippen LogP contribution in [-0.4, -0.2) is 23.4 Å². The van der Waals surface area contributed by atoms with Crippen LogP contribution in [0.15, 0.2) is 35.5 Å². The molecule has 0 saturated heterocycles. The second kappa shape index (κ2) is 5.04. The fourth-order valence-corrected chi connectivity index (χ4v) is 3.09. The van der Waals surface area contributed by atoms with Crippen LogP contribution in [0.25, 0.3) is 0 Å². The number of nitrogens with zero attached hydrogens (tertiary/aromatic N) is 3. The molecule has 0 amide bonds. The molecule has 5 nitrogen and oxygen atoms in total. The number of sulfone groups is 1. The molecule has 2 aromatic rings. The summed E-state index contributed by atoms with van der Waals surface area (Å²) < 4.78 is 50.4. The molecule has 0 bridgehead atoms. The number of hydrogen-bond donors (Lipinski definition) is 0. The molecule has 1 heterocycles. The van der Waals surface area contributed by atoms with Crippen LogP contribution in [0.4, 0.5) is 8.78 Å². The zero-order valence-electron chi connectivity index (χ0n) is 9.99. The number of halogens is 2. The van der Waals surface area contributed by atoms with E-state index in [2.05, 4.69) is 10.3 Å². The summed E-state index contributed by atoms with van der Waals surface area (Å²) in [6, 6.07) is 5.35. The van der Waals surface area contributed by atoms with Crippen molar-refractivity contribution in [1.29, 1.82) is 0 Å². The maximum atomic E-state index is 12.5. The molecule has 8 heteroatoms. The first-order valence-electron chi connectivity index (χ1n) is 5.34. The maximum Gasteiger partial charge on any atom is 0.263 e. The molecule has 0 aliphatic carbocycles. The van der Waals surface area contributed by atoms with E-state index in [-0.39, 0.29) is 16.3 Å². The molecule has 0 unspecified atom stereocenters. The number of alkyl halides is 2. The summed E-state index contributed by atoms with van der Waals surface area (Å²) in [4.78, 5) is 0. The van der Waals surface area contributed by atoms with Gasteiger partial charge in [-0.25, -0.2) is 21.9 Å². The highest BCUT2D eigenvalue weighted by molar-refractivity contribution is 7.90. The summed E-state index contributed by atoms with van der Waals surface area (Å²) >= 11 is 0. The van der Waals surface area contributed by atoms with Crippen LogP contribution in [0.3, 0.4) is 0 Å². The molecular weight excluding hydrogens is 276 g/mol. The molecule has 0 spiro atoms. The van der Waals surface area contributed by atoms with Gasteiger partial charge in [0, 0.05) is 12.6 Å². The van der Waals surface area contributed by atoms with Gasteiger partial charge in [0.05, 0.1) is 11.9 Å². The van der Waals surface area contributed by atoms with Gasteiger partial charge in [-0.15, -0.1) is 5.10 Å². The van der Waals surface area contributed by atoms with Crippen molar-refractivity contribution in [2.45, 2.75) is 17.2 Å². The monoisotopic (exact) mass is 287 g/mol. The van der Waals surface area contributed by atoms with Gasteiger partial charge in [0.1, 0.15) is 0 Å². The van der Waals surface area contributed by atoms with Gasteiger partial charge in [0.25, 0.3) is 6.43 Å². The number of rotatable bonds is 4. The summed E-state index contributed by atoms with van der Waals surface area (Å²) in [5, 5.41) is 6.98. The van der Waals surface area contributed by atoms with E-state index in [0.717, 1.165) is 10.9 Å². The molecule has 1 aromatic heterocycles. The van der Waals surface area contributed by atoms with Gasteiger partial charge in [-0.3, -0.25) is 0 Å². The Morgan fingerprint density at radius 2 is 2.11 bits per heavy atom. The van der Waals surface area contributed by atoms with Gasteiger partial charge in [0.15, 0.2) is 5.03 Å². The normalized spacial score (nSPS) is 12.0. The Kier molecular flexibility index (Phi) is 3.61. The van der Waals surface area contributed by atoms with Crippen molar-refractivity contribution < 1.29 is 17.2 Å². The van der Waals surface area contributed by atoms with Crippen LogP contribution in [0.1, 0.15) is 17.6 Å². The summed E-state index contributed by atoms with van der Waals surface area (Å²) in [6.07, 6.45) is -1.49. The van der Waals surface area contributed by atoms with Gasteiger partial charge in [-0.1, -0.05) is 23.4 Å². The minimum absolute atomic E-state index is 0.0463. The van der Waals surface area contributed by atoms with Crippen LogP contribution in [0, 0.1) is 0 Å². The third-order valence-electron chi connectivity index (χ3n) is 2.55. The number of aromatic nitrogens is 3. The van der Waals surface area contributed by atoms with Crippen LogP contribution in [0.5, 0.6) is 0 Å². The summed E-state index contributed by atoms with van der Waals surface area (Å²) in [5.41, 5.74) is 0.106. The van der Waals surface area contributed by atoms with Crippen molar-refractivity contribution >= 4 is 9.84 Å². The van der Waals surface area contributed by atoms with Gasteiger partial charge >= 0.3 is 0 Å². The van der Waals surface area contributed by atoms with Crippen molar-refractivity contribution in [3.63, 3.8) is 0 Å². The average molecular weight is 287 g/mol. The van der Waals surface area contributed by atoms with Crippen molar-refractivity contribution in [2.75, 3.05) is 0 Å². The first kappa shape index (κ1) is 13.6. The first-order valence-corrected chi connectivity index (χ1v) is 7.00. The van der Waals surface area contributed by atoms with Crippen molar-refractivity contribution in [1.82, 2.24) is 15.0 Å². The molecule has 0 radical (unpaired) electrons. The Morgan fingerprint density at radius 1 is 1.37 bits per heavy atom. The SMILES string of the molecule is Cn1nncc1S(=O)(=O)Cc1cccc(C(F)F)c1. The first-order chi connectivity index (χ1) is 8.90. The summed E-state index contributed by atoms with van der Waals surface area (Å²) in [5.74, 6) is -0.366. The van der Waals surface area contributed by atoms with E-state index in [4.69, 9.17) is 0 Å². The predicted octanol–water partition coefficient (Wildman–Crippen LogP) is 1.73. The lowest BCUT2D eigenvalue weighted by molar-refractivity contribution is 0.151. The molecular formula is C11H11F2N3O2S. The molecule has 102 valence electrons. The van der Waals surface area contributed by atoms with Crippen molar-refractivity contribution in [3.05, 3.63) is 41.6 Å². The van der Waals surface area contributed by atoms with Gasteiger partial charge in [-0.2, -0.15) is 0 Å². The number of aryl methyl sites for hydroxylation is 1. The van der Waals surface area contributed by atoms with Crippen LogP contribution < -0.4 is 0 Å². The number of hydrogen-bond acceptors (Lipinski definition) is 4. The molecule has 0 aliphatic rings. The van der Waals surface area contributed by atoms with E-state index in [1.165, 1.54) is 31.3 Å². The van der Waals surface area contributed by atoms with E-state index < -0.39 is 16.3 Å². The van der Waals surface area contributed by atoms with E-state index in [1.807, 2.05) is 0 Å². The Hall–Kier alpha value is -1.83. The number of benzene rings is 1. The Bertz CT molecular complexity index is 683. The van der Waals surface area contributed by atoms with Crippen LogP contribution >= 0.6 is 0 Å². The molecule has 0 saturated carbocycles. The standard InChI is InChI=1S/C11H11F2N3O2S/c1-16-10(6-14-15-16)19(17,18)7-8-3-2-4-9(5-8)11(12)13/h2-6,11H,7H2,1H3. The second-order valence-electron chi connectivity index (χ2n) is 4.00. The lowest BCUT2D eigenvalue weighted by Gasteiger charge is -2.06. The van der Waals surface area contributed by atoms with Gasteiger partial charge in [-0.05, 0) is 11.6 Å². The molecule has 2 rings (SSSR count). The smallest absolute Gasteiger partial charge is 0.237 e. The zero-order valence-corrected chi connectivity index (χ0v) is 10.8. The quantitative estimate of drug-likeness (QED) is 0.859. The highest BCUT2D eigenvalue weighted by Gasteiger charge is 2.20. The second-order valence-corrected chi connectivity index (χ2v) is 5.94. The van der Waals surface area contributed by atoms with E-state index >= 15 is 0 Å². The fourth-order valence-electron chi connectivity index (χ4n) is 1.67. The highest BCUT2D eigenvalue weighted by Crippen LogP contribution is 2.21. The third kappa shape index (κ3) is 2.95. The van der Waals surface area contributed by atoms with E-state index in [0.29, 0.717) is 5.56 Å². The summed E-state index contributed by atoms with van der Waals surface area (Å²) in [7, 11) is -2.20. The van der Waals surface area contributed by atoms with Gasteiger partial charge in [0.2, 0.25) is 9.84 Å². The highest BCUT2D eigenvalue weighted by atomic mass is 32.2. The minimum Gasteiger partial charge on any atom is -0.237 e. The minimum atomic E-state index is -3.65. The molecule has 0 N–H and O–H groups in total. The van der Waals surface area contributed by atoms with Crippen molar-refractivity contribution in [2.24, 2.45) is 7.05 Å². The topological polar surface area (TPSA) is 64.8 Å². The lowest BCUT2D eigenvalue weighted by Crippen LogP contribution is -2.10. The van der Waals surface area contributed by atoms with E-state index in [1.54, 1.807) is 0 Å². The zero-order chi connectivity index (χ0) is 14.0. The molecule has 0 fully saturated rings. The predicted molar refractivity (Wildman–Crippen MR) is 63.3 cm³/mol. The summed E-state index contributed by atoms with van der Waals surface area (Å²) in [6.45, 7) is 0. The molecule has 19 heavy (non-hydrogen) atoms. The Morgan fingerprint density at radius 3 is 2.68 bits per heavy atom. The third-order valence-corrected chi connectivity index (χ3v) is 4.27.